The molecule has 0 aliphatic heterocycles. The van der Waals surface area contributed by atoms with Gasteiger partial charge >= 0.3 is 5.97 Å². The Morgan fingerprint density at radius 1 is 1.12 bits per heavy atom. The Bertz CT molecular complexity index is 1030. The van der Waals surface area contributed by atoms with Crippen molar-refractivity contribution in [3.8, 4) is 5.75 Å². The van der Waals surface area contributed by atoms with Gasteiger partial charge in [0.05, 0.1) is 17.5 Å². The molecule has 3 rings (SSSR count). The van der Waals surface area contributed by atoms with Crippen molar-refractivity contribution < 1.29 is 15.0 Å². The molecule has 0 unspecified atom stereocenters. The Kier molecular flexibility index (Phi) is 4.81. The number of rotatable bonds is 4. The molecule has 7 heteroatoms. The summed E-state index contributed by atoms with van der Waals surface area (Å²) in [5.74, 6) is -1.32. The number of aromatic hydroxyl groups is 1. The normalized spacial score (nSPS) is 10.9. The van der Waals surface area contributed by atoms with Gasteiger partial charge in [0.25, 0.3) is 0 Å². The van der Waals surface area contributed by atoms with Gasteiger partial charge < -0.3 is 15.9 Å². The minimum atomic E-state index is -1.12. The van der Waals surface area contributed by atoms with Crippen LogP contribution in [-0.2, 0) is 0 Å². The fourth-order valence-corrected chi connectivity index (χ4v) is 2.68. The summed E-state index contributed by atoms with van der Waals surface area (Å²) < 4.78 is 0. The third kappa shape index (κ3) is 3.47. The third-order valence-corrected chi connectivity index (χ3v) is 3.97. The van der Waals surface area contributed by atoms with E-state index < -0.39 is 5.97 Å². The average Bonchev–Trinajstić information content (AvgIpc) is 2.62. The van der Waals surface area contributed by atoms with Crippen LogP contribution in [0.4, 0.5) is 5.69 Å². The maximum Gasteiger partial charge on any atom is 0.335 e. The van der Waals surface area contributed by atoms with Gasteiger partial charge in [-0.05, 0) is 41.9 Å². The number of thiocarbonyl (C=S) groups is 1. The molecule has 3 aromatic rings. The van der Waals surface area contributed by atoms with E-state index >= 15 is 0 Å². The number of nitrogens with zero attached hydrogens (tertiary/aromatic N) is 2. The number of hydrazone groups is 1. The fraction of sp³-hybridized carbons (Fsp3) is 0. The molecule has 0 saturated carbocycles. The molecule has 0 heterocycles. The number of benzene rings is 3. The first kappa shape index (κ1) is 17.4. The number of hydrogen-bond donors (Lipinski definition) is 3. The number of phenolic OH excluding ortho intramolecular Hbond substituents is 1. The van der Waals surface area contributed by atoms with E-state index in [1.807, 2.05) is 42.5 Å². The van der Waals surface area contributed by atoms with Gasteiger partial charge in [-0.3, -0.25) is 0 Å². The van der Waals surface area contributed by atoms with Crippen LogP contribution in [0.3, 0.4) is 0 Å². The summed E-state index contributed by atoms with van der Waals surface area (Å²) in [4.78, 5) is 10.9. The monoisotopic (exact) mass is 365 g/mol. The highest BCUT2D eigenvalue weighted by atomic mass is 32.1. The Morgan fingerprint density at radius 3 is 2.54 bits per heavy atom. The predicted octanol–water partition coefficient (Wildman–Crippen LogP) is 3.33. The summed E-state index contributed by atoms with van der Waals surface area (Å²) in [5.41, 5.74) is 6.86. The zero-order valence-electron chi connectivity index (χ0n) is 13.5. The first-order chi connectivity index (χ1) is 12.5. The van der Waals surface area contributed by atoms with Crippen LogP contribution >= 0.6 is 12.2 Å². The number of aromatic carboxylic acids is 1. The van der Waals surface area contributed by atoms with Gasteiger partial charge in [0.15, 0.2) is 5.11 Å². The van der Waals surface area contributed by atoms with Crippen LogP contribution < -0.4 is 10.7 Å². The predicted molar refractivity (Wildman–Crippen MR) is 106 cm³/mol. The van der Waals surface area contributed by atoms with Gasteiger partial charge in [0.2, 0.25) is 0 Å². The zero-order chi connectivity index (χ0) is 18.7. The van der Waals surface area contributed by atoms with E-state index in [9.17, 15) is 9.90 Å². The van der Waals surface area contributed by atoms with Crippen molar-refractivity contribution in [1.29, 1.82) is 0 Å². The number of anilines is 1. The number of carboxylic acids is 1. The van der Waals surface area contributed by atoms with Crippen molar-refractivity contribution in [1.82, 2.24) is 0 Å². The molecule has 6 nitrogen and oxygen atoms in total. The van der Waals surface area contributed by atoms with E-state index in [4.69, 9.17) is 23.1 Å². The van der Waals surface area contributed by atoms with Crippen molar-refractivity contribution in [3.63, 3.8) is 0 Å². The van der Waals surface area contributed by atoms with E-state index in [1.165, 1.54) is 23.4 Å². The van der Waals surface area contributed by atoms with Gasteiger partial charge in [0, 0.05) is 10.9 Å². The molecule has 26 heavy (non-hydrogen) atoms. The number of fused-ring (bicyclic) bond motifs is 1. The molecule has 0 aliphatic rings. The maximum atomic E-state index is 10.9. The maximum absolute atomic E-state index is 10.9. The van der Waals surface area contributed by atoms with Crippen LogP contribution in [0.2, 0.25) is 0 Å². The summed E-state index contributed by atoms with van der Waals surface area (Å²) in [6.07, 6.45) is 1.38. The Labute approximate surface area is 154 Å². The van der Waals surface area contributed by atoms with E-state index in [-0.39, 0.29) is 16.4 Å². The van der Waals surface area contributed by atoms with Crippen LogP contribution in [0.25, 0.3) is 10.8 Å². The van der Waals surface area contributed by atoms with Crippen molar-refractivity contribution in [2.75, 3.05) is 5.01 Å². The third-order valence-electron chi connectivity index (χ3n) is 3.79. The number of carboxylic acid groups (broad SMARTS) is 1. The molecule has 0 fully saturated rings. The van der Waals surface area contributed by atoms with E-state index in [2.05, 4.69) is 5.10 Å². The highest BCUT2D eigenvalue weighted by Crippen LogP contribution is 2.27. The Hall–Kier alpha value is -3.45. The van der Waals surface area contributed by atoms with Crippen molar-refractivity contribution in [3.05, 3.63) is 71.8 Å². The van der Waals surface area contributed by atoms with Crippen LogP contribution in [0, 0.1) is 0 Å². The lowest BCUT2D eigenvalue weighted by atomic mass is 10.1. The molecule has 0 radical (unpaired) electrons. The molecule has 0 spiro atoms. The second kappa shape index (κ2) is 7.20. The number of nitrogens with two attached hydrogens (primary N) is 1. The van der Waals surface area contributed by atoms with E-state index in [0.29, 0.717) is 11.3 Å². The van der Waals surface area contributed by atoms with Gasteiger partial charge in [-0.1, -0.05) is 36.4 Å². The fourth-order valence-electron chi connectivity index (χ4n) is 2.54. The highest BCUT2D eigenvalue weighted by Gasteiger charge is 2.12. The molecule has 0 aliphatic carbocycles. The standard InChI is InChI=1S/C19H15N3O3S/c20-19(26)22(16-7-3-5-12-4-1-2-6-15(12)16)21-11-14-9-8-13(18(24)25)10-17(14)23/h1-11,23H,(H2,20,26)(H,24,25). The van der Waals surface area contributed by atoms with E-state index in [0.717, 1.165) is 16.8 Å². The molecular weight excluding hydrogens is 350 g/mol. The van der Waals surface area contributed by atoms with E-state index in [1.54, 1.807) is 0 Å². The van der Waals surface area contributed by atoms with Crippen molar-refractivity contribution in [2.45, 2.75) is 0 Å². The SMILES string of the molecule is NC(=S)N(N=Cc1ccc(C(=O)O)cc1O)c1cccc2ccccc12. The first-order valence-corrected chi connectivity index (χ1v) is 8.06. The molecule has 0 saturated heterocycles. The van der Waals surface area contributed by atoms with Gasteiger partial charge in [-0.2, -0.15) is 5.10 Å². The van der Waals surface area contributed by atoms with Crippen molar-refractivity contribution in [2.24, 2.45) is 10.8 Å². The lowest BCUT2D eigenvalue weighted by Crippen LogP contribution is -2.31. The Balaban J connectivity index is 2.00. The van der Waals surface area contributed by atoms with Crippen LogP contribution in [0.15, 0.2) is 65.8 Å². The van der Waals surface area contributed by atoms with Gasteiger partial charge in [0.1, 0.15) is 5.75 Å². The van der Waals surface area contributed by atoms with Gasteiger partial charge in [-0.25, -0.2) is 9.80 Å². The Morgan fingerprint density at radius 2 is 1.85 bits per heavy atom. The summed E-state index contributed by atoms with van der Waals surface area (Å²) in [7, 11) is 0. The summed E-state index contributed by atoms with van der Waals surface area (Å²) in [5, 5.41) is 26.6. The smallest absolute Gasteiger partial charge is 0.335 e. The summed E-state index contributed by atoms with van der Waals surface area (Å²) in [6.45, 7) is 0. The molecule has 4 N–H and O–H groups in total. The number of carbonyl (C=O) groups is 1. The molecule has 0 amide bonds. The molecule has 0 aromatic heterocycles. The number of hydrogen-bond acceptors (Lipinski definition) is 4. The molecule has 130 valence electrons. The summed E-state index contributed by atoms with van der Waals surface area (Å²) in [6, 6.07) is 17.4. The van der Waals surface area contributed by atoms with Crippen molar-refractivity contribution >= 4 is 46.0 Å². The van der Waals surface area contributed by atoms with Crippen LogP contribution in [-0.4, -0.2) is 27.5 Å². The molecular formula is C19H15N3O3S. The molecule has 3 aromatic carbocycles. The van der Waals surface area contributed by atoms with Crippen LogP contribution in [0.1, 0.15) is 15.9 Å². The quantitative estimate of drug-likeness (QED) is 0.373. The number of phenols is 1. The highest BCUT2D eigenvalue weighted by molar-refractivity contribution is 7.80. The lowest BCUT2D eigenvalue weighted by molar-refractivity contribution is 0.0696. The molecule has 0 atom stereocenters. The average molecular weight is 365 g/mol. The second-order valence-corrected chi connectivity index (χ2v) is 5.89. The van der Waals surface area contributed by atoms with Gasteiger partial charge in [-0.15, -0.1) is 0 Å². The minimum Gasteiger partial charge on any atom is -0.507 e. The largest absolute Gasteiger partial charge is 0.507 e. The first-order valence-electron chi connectivity index (χ1n) is 7.65. The zero-order valence-corrected chi connectivity index (χ0v) is 14.4. The topological polar surface area (TPSA) is 99.2 Å². The molecule has 0 bridgehead atoms. The lowest BCUT2D eigenvalue weighted by Gasteiger charge is -2.19. The minimum absolute atomic E-state index is 0.0140. The van der Waals surface area contributed by atoms with Crippen LogP contribution in [0.5, 0.6) is 5.75 Å². The summed E-state index contributed by atoms with van der Waals surface area (Å²) >= 11 is 5.11. The second-order valence-electron chi connectivity index (χ2n) is 5.47.